The van der Waals surface area contributed by atoms with Crippen molar-refractivity contribution < 1.29 is 4.74 Å². The average molecular weight is 185 g/mol. The molecule has 0 saturated carbocycles. The van der Waals surface area contributed by atoms with Crippen molar-refractivity contribution in [2.45, 2.75) is 45.6 Å². The Morgan fingerprint density at radius 2 is 2.38 bits per heavy atom. The molecule has 0 spiro atoms. The number of hydrogen-bond acceptors (Lipinski definition) is 2. The molecule has 1 fully saturated rings. The van der Waals surface area contributed by atoms with E-state index in [1.807, 2.05) is 0 Å². The van der Waals surface area contributed by atoms with E-state index in [0.717, 1.165) is 25.7 Å². The zero-order valence-electron chi connectivity index (χ0n) is 9.01. The van der Waals surface area contributed by atoms with Crippen LogP contribution in [-0.2, 0) is 4.74 Å². The van der Waals surface area contributed by atoms with E-state index in [2.05, 4.69) is 19.2 Å². The van der Waals surface area contributed by atoms with E-state index in [1.165, 1.54) is 25.7 Å². The molecule has 0 aromatic rings. The summed E-state index contributed by atoms with van der Waals surface area (Å²) in [5, 5.41) is 3.52. The monoisotopic (exact) mass is 185 g/mol. The summed E-state index contributed by atoms with van der Waals surface area (Å²) in [7, 11) is 0. The summed E-state index contributed by atoms with van der Waals surface area (Å²) in [6.45, 7) is 7.64. The first kappa shape index (κ1) is 11.0. The van der Waals surface area contributed by atoms with Crippen LogP contribution in [0.4, 0.5) is 0 Å². The second kappa shape index (κ2) is 6.39. The van der Waals surface area contributed by atoms with Crippen LogP contribution < -0.4 is 5.32 Å². The first-order valence-corrected chi connectivity index (χ1v) is 5.64. The van der Waals surface area contributed by atoms with Gasteiger partial charge in [-0.05, 0) is 45.1 Å². The van der Waals surface area contributed by atoms with Gasteiger partial charge < -0.3 is 10.1 Å². The maximum Gasteiger partial charge on any atom is 0.0495 e. The number of ether oxygens (including phenoxy) is 1. The number of nitrogens with one attached hydrogen (secondary N) is 1. The molecule has 2 heteroatoms. The molecule has 1 aliphatic rings. The lowest BCUT2D eigenvalue weighted by atomic mass is 10.00. The standard InChI is InChI=1S/C11H23NO/c1-3-7-12-10(2)4-5-11-6-8-13-9-11/h10-12H,3-9H2,1-2H3. The molecule has 0 amide bonds. The maximum atomic E-state index is 5.35. The molecule has 1 saturated heterocycles. The largest absolute Gasteiger partial charge is 0.381 e. The van der Waals surface area contributed by atoms with E-state index < -0.39 is 0 Å². The van der Waals surface area contributed by atoms with Gasteiger partial charge >= 0.3 is 0 Å². The summed E-state index contributed by atoms with van der Waals surface area (Å²) >= 11 is 0. The average Bonchev–Trinajstić information content (AvgIpc) is 2.64. The van der Waals surface area contributed by atoms with Crippen LogP contribution in [0.3, 0.4) is 0 Å². The molecule has 13 heavy (non-hydrogen) atoms. The fourth-order valence-corrected chi connectivity index (χ4v) is 1.79. The van der Waals surface area contributed by atoms with Gasteiger partial charge in [0, 0.05) is 19.3 Å². The van der Waals surface area contributed by atoms with Gasteiger partial charge in [-0.1, -0.05) is 6.92 Å². The molecule has 2 unspecified atom stereocenters. The molecule has 0 aliphatic carbocycles. The van der Waals surface area contributed by atoms with E-state index in [9.17, 15) is 0 Å². The van der Waals surface area contributed by atoms with Crippen molar-refractivity contribution in [3.05, 3.63) is 0 Å². The normalized spacial score (nSPS) is 24.9. The van der Waals surface area contributed by atoms with Crippen molar-refractivity contribution in [3.8, 4) is 0 Å². The van der Waals surface area contributed by atoms with Gasteiger partial charge in [0.1, 0.15) is 0 Å². The lowest BCUT2D eigenvalue weighted by Gasteiger charge is -2.14. The summed E-state index contributed by atoms with van der Waals surface area (Å²) in [6.07, 6.45) is 5.14. The van der Waals surface area contributed by atoms with E-state index in [1.54, 1.807) is 0 Å². The minimum atomic E-state index is 0.681. The molecule has 0 aromatic heterocycles. The zero-order chi connectivity index (χ0) is 9.52. The van der Waals surface area contributed by atoms with Crippen molar-refractivity contribution in [1.29, 1.82) is 0 Å². The fourth-order valence-electron chi connectivity index (χ4n) is 1.79. The van der Waals surface area contributed by atoms with Crippen molar-refractivity contribution in [3.63, 3.8) is 0 Å². The third kappa shape index (κ3) is 4.63. The third-order valence-electron chi connectivity index (χ3n) is 2.77. The second-order valence-corrected chi connectivity index (χ2v) is 4.16. The molecule has 1 rings (SSSR count). The fraction of sp³-hybridized carbons (Fsp3) is 1.00. The molecule has 0 bridgehead atoms. The number of rotatable bonds is 6. The minimum Gasteiger partial charge on any atom is -0.381 e. The molecular weight excluding hydrogens is 162 g/mol. The lowest BCUT2D eigenvalue weighted by Crippen LogP contribution is -2.27. The Morgan fingerprint density at radius 3 is 3.00 bits per heavy atom. The van der Waals surface area contributed by atoms with Gasteiger partial charge in [-0.3, -0.25) is 0 Å². The number of hydrogen-bond donors (Lipinski definition) is 1. The third-order valence-corrected chi connectivity index (χ3v) is 2.77. The molecule has 78 valence electrons. The highest BCUT2D eigenvalue weighted by Gasteiger charge is 2.15. The van der Waals surface area contributed by atoms with Crippen LogP contribution in [0.25, 0.3) is 0 Å². The van der Waals surface area contributed by atoms with Crippen molar-refractivity contribution >= 4 is 0 Å². The Morgan fingerprint density at radius 1 is 1.54 bits per heavy atom. The van der Waals surface area contributed by atoms with Crippen LogP contribution in [0.2, 0.25) is 0 Å². The van der Waals surface area contributed by atoms with Gasteiger partial charge in [0.2, 0.25) is 0 Å². The second-order valence-electron chi connectivity index (χ2n) is 4.16. The van der Waals surface area contributed by atoms with E-state index >= 15 is 0 Å². The van der Waals surface area contributed by atoms with Crippen molar-refractivity contribution in [2.24, 2.45) is 5.92 Å². The van der Waals surface area contributed by atoms with Crippen LogP contribution in [0.1, 0.15) is 39.5 Å². The Labute approximate surface area is 82.0 Å². The topological polar surface area (TPSA) is 21.3 Å². The van der Waals surface area contributed by atoms with Gasteiger partial charge in [-0.15, -0.1) is 0 Å². The molecule has 1 heterocycles. The van der Waals surface area contributed by atoms with E-state index in [0.29, 0.717) is 6.04 Å². The summed E-state index contributed by atoms with van der Waals surface area (Å²) < 4.78 is 5.35. The van der Waals surface area contributed by atoms with Gasteiger partial charge in [0.15, 0.2) is 0 Å². The predicted molar refractivity (Wildman–Crippen MR) is 55.9 cm³/mol. The molecule has 1 N–H and O–H groups in total. The van der Waals surface area contributed by atoms with Crippen LogP contribution in [0.15, 0.2) is 0 Å². The first-order chi connectivity index (χ1) is 6.33. The highest BCUT2D eigenvalue weighted by Crippen LogP contribution is 2.18. The Balaban J connectivity index is 1.97. The highest BCUT2D eigenvalue weighted by atomic mass is 16.5. The molecular formula is C11H23NO. The van der Waals surface area contributed by atoms with Gasteiger partial charge in [0.25, 0.3) is 0 Å². The molecule has 0 radical (unpaired) electrons. The maximum absolute atomic E-state index is 5.35. The van der Waals surface area contributed by atoms with Gasteiger partial charge in [-0.25, -0.2) is 0 Å². The smallest absolute Gasteiger partial charge is 0.0495 e. The van der Waals surface area contributed by atoms with Crippen molar-refractivity contribution in [1.82, 2.24) is 5.32 Å². The highest BCUT2D eigenvalue weighted by molar-refractivity contribution is 4.68. The van der Waals surface area contributed by atoms with Gasteiger partial charge in [-0.2, -0.15) is 0 Å². The summed E-state index contributed by atoms with van der Waals surface area (Å²) in [6, 6.07) is 0.681. The van der Waals surface area contributed by atoms with Crippen LogP contribution in [0, 0.1) is 5.92 Å². The summed E-state index contributed by atoms with van der Waals surface area (Å²) in [5.74, 6) is 0.839. The molecule has 1 aliphatic heterocycles. The quantitative estimate of drug-likeness (QED) is 0.685. The Kier molecular flexibility index (Phi) is 5.40. The first-order valence-electron chi connectivity index (χ1n) is 5.64. The van der Waals surface area contributed by atoms with Crippen LogP contribution >= 0.6 is 0 Å². The summed E-state index contributed by atoms with van der Waals surface area (Å²) in [4.78, 5) is 0. The minimum absolute atomic E-state index is 0.681. The molecule has 0 aromatic carbocycles. The lowest BCUT2D eigenvalue weighted by molar-refractivity contribution is 0.183. The van der Waals surface area contributed by atoms with Crippen LogP contribution in [0.5, 0.6) is 0 Å². The van der Waals surface area contributed by atoms with Crippen LogP contribution in [-0.4, -0.2) is 25.8 Å². The van der Waals surface area contributed by atoms with Crippen molar-refractivity contribution in [2.75, 3.05) is 19.8 Å². The molecule has 2 nitrogen and oxygen atoms in total. The summed E-state index contributed by atoms with van der Waals surface area (Å²) in [5.41, 5.74) is 0. The molecule has 2 atom stereocenters. The Bertz CT molecular complexity index is 121. The Hall–Kier alpha value is -0.0800. The van der Waals surface area contributed by atoms with E-state index in [-0.39, 0.29) is 0 Å². The zero-order valence-corrected chi connectivity index (χ0v) is 9.01. The van der Waals surface area contributed by atoms with E-state index in [4.69, 9.17) is 4.74 Å². The van der Waals surface area contributed by atoms with Gasteiger partial charge in [0.05, 0.1) is 0 Å². The SMILES string of the molecule is CCCNC(C)CCC1CCOC1. The predicted octanol–water partition coefficient (Wildman–Crippen LogP) is 2.19.